The zero-order chi connectivity index (χ0) is 21.7. The number of halogens is 3. The van der Waals surface area contributed by atoms with E-state index < -0.39 is 11.9 Å². The van der Waals surface area contributed by atoms with Gasteiger partial charge < -0.3 is 14.6 Å². The fourth-order valence-corrected chi connectivity index (χ4v) is 3.82. The summed E-state index contributed by atoms with van der Waals surface area (Å²) in [5.41, 5.74) is 0.114. The fraction of sp³-hybridized carbons (Fsp3) is 0.250. The quantitative estimate of drug-likeness (QED) is 0.433. The standard InChI is InChI=1S/C20H19BrF2N4O2S/c1-3-27-19(12(2)29-15-7-5-14(22)6-8-15)25-26-20(27)30-11-18(28)24-17-9-4-13(21)10-16(17)23/h4-10,12H,3,11H2,1-2H3,(H,24,28). The highest BCUT2D eigenvalue weighted by atomic mass is 79.9. The van der Waals surface area contributed by atoms with Gasteiger partial charge in [-0.3, -0.25) is 4.79 Å². The van der Waals surface area contributed by atoms with E-state index in [4.69, 9.17) is 4.74 Å². The van der Waals surface area contributed by atoms with E-state index in [0.717, 1.165) is 0 Å². The number of nitrogens with zero attached hydrogens (tertiary/aromatic N) is 3. The van der Waals surface area contributed by atoms with Crippen molar-refractivity contribution in [3.63, 3.8) is 0 Å². The molecule has 0 aliphatic heterocycles. The van der Waals surface area contributed by atoms with Crippen molar-refractivity contribution < 1.29 is 18.3 Å². The van der Waals surface area contributed by atoms with E-state index in [1.807, 2.05) is 18.4 Å². The van der Waals surface area contributed by atoms with E-state index in [0.29, 0.717) is 27.7 Å². The summed E-state index contributed by atoms with van der Waals surface area (Å²) >= 11 is 4.37. The largest absolute Gasteiger partial charge is 0.483 e. The van der Waals surface area contributed by atoms with Gasteiger partial charge in [0.05, 0.1) is 11.4 Å². The van der Waals surface area contributed by atoms with E-state index in [9.17, 15) is 13.6 Å². The van der Waals surface area contributed by atoms with Crippen molar-refractivity contribution in [2.45, 2.75) is 31.7 Å². The number of thioether (sulfide) groups is 1. The van der Waals surface area contributed by atoms with Gasteiger partial charge in [-0.05, 0) is 56.3 Å². The van der Waals surface area contributed by atoms with Crippen molar-refractivity contribution >= 4 is 39.3 Å². The molecule has 3 aromatic rings. The lowest BCUT2D eigenvalue weighted by Gasteiger charge is -2.15. The molecule has 30 heavy (non-hydrogen) atoms. The lowest BCUT2D eigenvalue weighted by Crippen LogP contribution is -2.16. The number of hydrogen-bond acceptors (Lipinski definition) is 5. The topological polar surface area (TPSA) is 69.0 Å². The number of anilines is 1. The first-order valence-electron chi connectivity index (χ1n) is 9.10. The maximum absolute atomic E-state index is 13.9. The van der Waals surface area contributed by atoms with E-state index in [1.165, 1.54) is 36.0 Å². The van der Waals surface area contributed by atoms with Gasteiger partial charge in [-0.25, -0.2) is 8.78 Å². The molecule has 1 atom stereocenters. The second-order valence-electron chi connectivity index (χ2n) is 6.26. The average molecular weight is 497 g/mol. The highest BCUT2D eigenvalue weighted by Crippen LogP contribution is 2.25. The van der Waals surface area contributed by atoms with E-state index in [-0.39, 0.29) is 23.2 Å². The summed E-state index contributed by atoms with van der Waals surface area (Å²) in [6, 6.07) is 10.1. The van der Waals surface area contributed by atoms with Crippen molar-refractivity contribution in [3.8, 4) is 5.75 Å². The first-order chi connectivity index (χ1) is 14.4. The smallest absolute Gasteiger partial charge is 0.234 e. The Labute approximate surface area is 185 Å². The first kappa shape index (κ1) is 22.2. The number of benzene rings is 2. The number of carbonyl (C=O) groups is 1. The molecular weight excluding hydrogens is 478 g/mol. The van der Waals surface area contributed by atoms with Crippen molar-refractivity contribution in [3.05, 3.63) is 64.4 Å². The van der Waals surface area contributed by atoms with Gasteiger partial charge in [0.2, 0.25) is 5.91 Å². The van der Waals surface area contributed by atoms with Crippen LogP contribution in [-0.2, 0) is 11.3 Å². The molecule has 0 aliphatic carbocycles. The monoisotopic (exact) mass is 496 g/mol. The molecule has 1 unspecified atom stereocenters. The second-order valence-corrected chi connectivity index (χ2v) is 8.12. The Kier molecular flexibility index (Phi) is 7.43. The molecule has 2 aromatic carbocycles. The number of aromatic nitrogens is 3. The summed E-state index contributed by atoms with van der Waals surface area (Å²) in [7, 11) is 0. The molecule has 3 rings (SSSR count). The molecule has 1 aromatic heterocycles. The number of ether oxygens (including phenoxy) is 1. The minimum atomic E-state index is -0.520. The summed E-state index contributed by atoms with van der Waals surface area (Å²) in [5, 5.41) is 11.4. The summed E-state index contributed by atoms with van der Waals surface area (Å²) < 4.78 is 35.2. The Morgan fingerprint density at radius 1 is 1.23 bits per heavy atom. The molecule has 0 spiro atoms. The first-order valence-corrected chi connectivity index (χ1v) is 10.9. The molecule has 1 heterocycles. The van der Waals surface area contributed by atoms with Gasteiger partial charge in [0.25, 0.3) is 0 Å². The molecule has 6 nitrogen and oxygen atoms in total. The lowest BCUT2D eigenvalue weighted by atomic mass is 10.3. The Morgan fingerprint density at radius 3 is 2.63 bits per heavy atom. The SMILES string of the molecule is CCn1c(SCC(=O)Nc2ccc(Br)cc2F)nnc1C(C)Oc1ccc(F)cc1. The summed E-state index contributed by atoms with van der Waals surface area (Å²) in [6.07, 6.45) is -0.428. The fourth-order valence-electron chi connectivity index (χ4n) is 2.68. The van der Waals surface area contributed by atoms with Gasteiger partial charge in [0.15, 0.2) is 17.1 Å². The summed E-state index contributed by atoms with van der Waals surface area (Å²) in [5.74, 6) is -0.0755. The summed E-state index contributed by atoms with van der Waals surface area (Å²) in [4.78, 5) is 12.2. The molecule has 0 fully saturated rings. The zero-order valence-electron chi connectivity index (χ0n) is 16.2. The molecule has 0 saturated carbocycles. The third kappa shape index (κ3) is 5.57. The van der Waals surface area contributed by atoms with E-state index in [2.05, 4.69) is 31.4 Å². The molecule has 10 heteroatoms. The van der Waals surface area contributed by atoms with Crippen LogP contribution in [0.5, 0.6) is 5.75 Å². The van der Waals surface area contributed by atoms with Crippen LogP contribution in [-0.4, -0.2) is 26.4 Å². The van der Waals surface area contributed by atoms with Crippen LogP contribution in [0.25, 0.3) is 0 Å². The molecule has 1 N–H and O–H groups in total. The second kappa shape index (κ2) is 10.0. The van der Waals surface area contributed by atoms with Gasteiger partial charge in [0.1, 0.15) is 17.4 Å². The average Bonchev–Trinajstić information content (AvgIpc) is 3.13. The lowest BCUT2D eigenvalue weighted by molar-refractivity contribution is -0.113. The minimum Gasteiger partial charge on any atom is -0.483 e. The van der Waals surface area contributed by atoms with Crippen molar-refractivity contribution in [1.29, 1.82) is 0 Å². The van der Waals surface area contributed by atoms with E-state index >= 15 is 0 Å². The molecular formula is C20H19BrF2N4O2S. The van der Waals surface area contributed by atoms with Crippen LogP contribution in [0.15, 0.2) is 52.1 Å². The number of amides is 1. The number of carbonyl (C=O) groups excluding carboxylic acids is 1. The third-order valence-electron chi connectivity index (χ3n) is 4.09. The molecule has 158 valence electrons. The van der Waals surface area contributed by atoms with Crippen LogP contribution in [0.1, 0.15) is 25.8 Å². The van der Waals surface area contributed by atoms with Crippen molar-refractivity contribution in [2.24, 2.45) is 0 Å². The molecule has 0 saturated heterocycles. The van der Waals surface area contributed by atoms with Gasteiger partial charge >= 0.3 is 0 Å². The van der Waals surface area contributed by atoms with Crippen molar-refractivity contribution in [1.82, 2.24) is 14.8 Å². The normalized spacial score (nSPS) is 11.9. The Bertz CT molecular complexity index is 1030. The third-order valence-corrected chi connectivity index (χ3v) is 5.55. The van der Waals surface area contributed by atoms with Crippen LogP contribution in [0, 0.1) is 11.6 Å². The van der Waals surface area contributed by atoms with Gasteiger partial charge in [-0.2, -0.15) is 0 Å². The van der Waals surface area contributed by atoms with Gasteiger partial charge in [-0.1, -0.05) is 27.7 Å². The maximum atomic E-state index is 13.9. The van der Waals surface area contributed by atoms with Gasteiger partial charge in [-0.15, -0.1) is 10.2 Å². The number of hydrogen-bond donors (Lipinski definition) is 1. The Morgan fingerprint density at radius 2 is 1.97 bits per heavy atom. The Balaban J connectivity index is 1.63. The maximum Gasteiger partial charge on any atom is 0.234 e. The molecule has 1 amide bonds. The Hall–Kier alpha value is -2.46. The van der Waals surface area contributed by atoms with Crippen LogP contribution >= 0.6 is 27.7 Å². The predicted octanol–water partition coefficient (Wildman–Crippen LogP) is 5.21. The highest BCUT2D eigenvalue weighted by molar-refractivity contribution is 9.10. The van der Waals surface area contributed by atoms with Gasteiger partial charge in [0, 0.05) is 11.0 Å². The predicted molar refractivity (Wildman–Crippen MR) is 115 cm³/mol. The molecule has 0 bridgehead atoms. The molecule has 0 aliphatic rings. The number of rotatable bonds is 8. The zero-order valence-corrected chi connectivity index (χ0v) is 18.6. The highest BCUT2D eigenvalue weighted by Gasteiger charge is 2.19. The van der Waals surface area contributed by atoms with Crippen LogP contribution < -0.4 is 10.1 Å². The van der Waals surface area contributed by atoms with E-state index in [1.54, 1.807) is 18.2 Å². The minimum absolute atomic E-state index is 0.0425. The van der Waals surface area contributed by atoms with Crippen LogP contribution in [0.3, 0.4) is 0 Å². The number of nitrogens with one attached hydrogen (secondary N) is 1. The van der Waals surface area contributed by atoms with Crippen LogP contribution in [0.4, 0.5) is 14.5 Å². The van der Waals surface area contributed by atoms with Crippen LogP contribution in [0.2, 0.25) is 0 Å². The molecule has 0 radical (unpaired) electrons. The van der Waals surface area contributed by atoms with Crippen molar-refractivity contribution in [2.75, 3.05) is 11.1 Å². The summed E-state index contributed by atoms with van der Waals surface area (Å²) in [6.45, 7) is 4.32.